The van der Waals surface area contributed by atoms with Gasteiger partial charge in [0, 0.05) is 6.07 Å². The highest BCUT2D eigenvalue weighted by molar-refractivity contribution is 5.37. The molecule has 0 aliphatic heterocycles. The summed E-state index contributed by atoms with van der Waals surface area (Å²) in [5.74, 6) is 5.40. The molecule has 0 saturated heterocycles. The summed E-state index contributed by atoms with van der Waals surface area (Å²) in [5.41, 5.74) is 0.907. The van der Waals surface area contributed by atoms with Gasteiger partial charge in [-0.1, -0.05) is 5.92 Å². The molecule has 0 radical (unpaired) electrons. The summed E-state index contributed by atoms with van der Waals surface area (Å²) in [6.07, 6.45) is 0.464. The van der Waals surface area contributed by atoms with Crippen molar-refractivity contribution in [3.8, 4) is 18.2 Å². The third-order valence-corrected chi connectivity index (χ3v) is 1.81. The van der Waals surface area contributed by atoms with Crippen LogP contribution < -0.4 is 16.0 Å². The largest absolute Gasteiger partial charge is 0.458 e. The molecule has 1 rings (SSSR count). The minimum Gasteiger partial charge on any atom is -0.458 e. The summed E-state index contributed by atoms with van der Waals surface area (Å²) >= 11 is 0. The van der Waals surface area contributed by atoms with Gasteiger partial charge < -0.3 is 10.2 Å². The predicted molar refractivity (Wildman–Crippen MR) is 58.4 cm³/mol. The molecule has 98 valence electrons. The van der Waals surface area contributed by atoms with Gasteiger partial charge in [-0.15, -0.1) is 6.42 Å². The first-order valence-electron chi connectivity index (χ1n) is 4.77. The highest BCUT2D eigenvalue weighted by Crippen LogP contribution is 2.29. The van der Waals surface area contributed by atoms with Crippen molar-refractivity contribution in [3.63, 3.8) is 0 Å². The number of hydrogen-bond acceptors (Lipinski definition) is 5. The van der Waals surface area contributed by atoms with E-state index < -0.39 is 17.6 Å². The third kappa shape index (κ3) is 3.49. The molecule has 0 spiro atoms. The molecular weight excluding hydrogens is 249 g/mol. The SMILES string of the molecule is C#CC(C)(C)Oc1cc(NN)nc(C(F)(F)F)n1. The second kappa shape index (κ2) is 4.70. The Morgan fingerprint density at radius 3 is 2.44 bits per heavy atom. The van der Waals surface area contributed by atoms with Crippen molar-refractivity contribution in [2.24, 2.45) is 5.84 Å². The molecule has 1 aromatic heterocycles. The molecule has 1 heterocycles. The first-order valence-corrected chi connectivity index (χ1v) is 4.77. The molecule has 0 unspecified atom stereocenters. The van der Waals surface area contributed by atoms with E-state index in [-0.39, 0.29) is 11.7 Å². The second-order valence-electron chi connectivity index (χ2n) is 3.81. The molecule has 0 fully saturated rings. The predicted octanol–water partition coefficient (Wildman–Crippen LogP) is 1.57. The zero-order valence-corrected chi connectivity index (χ0v) is 9.67. The Kier molecular flexibility index (Phi) is 3.67. The van der Waals surface area contributed by atoms with Crippen molar-refractivity contribution in [1.82, 2.24) is 9.97 Å². The summed E-state index contributed by atoms with van der Waals surface area (Å²) in [6, 6.07) is 1.12. The Morgan fingerprint density at radius 2 is 2.00 bits per heavy atom. The zero-order valence-electron chi connectivity index (χ0n) is 9.67. The van der Waals surface area contributed by atoms with Crippen LogP contribution in [-0.4, -0.2) is 15.6 Å². The van der Waals surface area contributed by atoms with Crippen LogP contribution in [0.3, 0.4) is 0 Å². The minimum absolute atomic E-state index is 0.222. The van der Waals surface area contributed by atoms with E-state index in [0.717, 1.165) is 6.07 Å². The van der Waals surface area contributed by atoms with Gasteiger partial charge in [-0.25, -0.2) is 10.8 Å². The summed E-state index contributed by atoms with van der Waals surface area (Å²) in [5, 5.41) is 0. The number of aromatic nitrogens is 2. The Bertz CT molecular complexity index is 479. The Labute approximate surface area is 102 Å². The van der Waals surface area contributed by atoms with Crippen LogP contribution in [0.4, 0.5) is 19.0 Å². The first kappa shape index (κ1) is 14.1. The van der Waals surface area contributed by atoms with E-state index in [0.29, 0.717) is 0 Å². The number of nitrogen functional groups attached to an aromatic ring is 1. The third-order valence-electron chi connectivity index (χ3n) is 1.81. The number of terminal acetylenes is 1. The van der Waals surface area contributed by atoms with Gasteiger partial charge >= 0.3 is 6.18 Å². The number of nitrogens with zero attached hydrogens (tertiary/aromatic N) is 2. The van der Waals surface area contributed by atoms with Crippen molar-refractivity contribution >= 4 is 5.82 Å². The van der Waals surface area contributed by atoms with Crippen molar-refractivity contribution in [2.45, 2.75) is 25.6 Å². The summed E-state index contributed by atoms with van der Waals surface area (Å²) in [6.45, 7) is 3.02. The van der Waals surface area contributed by atoms with Gasteiger partial charge in [0.15, 0.2) is 5.60 Å². The van der Waals surface area contributed by atoms with Crippen molar-refractivity contribution < 1.29 is 17.9 Å². The maximum atomic E-state index is 12.5. The lowest BCUT2D eigenvalue weighted by Crippen LogP contribution is -2.27. The van der Waals surface area contributed by atoms with Crippen molar-refractivity contribution in [2.75, 3.05) is 5.43 Å². The van der Waals surface area contributed by atoms with E-state index >= 15 is 0 Å². The lowest BCUT2D eigenvalue weighted by atomic mass is 10.1. The molecule has 0 aliphatic rings. The van der Waals surface area contributed by atoms with Crippen LogP contribution in [-0.2, 0) is 6.18 Å². The van der Waals surface area contributed by atoms with Gasteiger partial charge in [-0.3, -0.25) is 0 Å². The lowest BCUT2D eigenvalue weighted by molar-refractivity contribution is -0.145. The van der Waals surface area contributed by atoms with E-state index in [1.807, 2.05) is 5.43 Å². The quantitative estimate of drug-likeness (QED) is 0.490. The molecule has 0 saturated carbocycles. The fourth-order valence-electron chi connectivity index (χ4n) is 0.969. The normalized spacial score (nSPS) is 11.8. The molecule has 8 heteroatoms. The molecule has 0 aromatic carbocycles. The van der Waals surface area contributed by atoms with Gasteiger partial charge in [0.1, 0.15) is 5.82 Å². The number of anilines is 1. The van der Waals surface area contributed by atoms with Crippen LogP contribution in [0.25, 0.3) is 0 Å². The van der Waals surface area contributed by atoms with E-state index in [2.05, 4.69) is 15.9 Å². The topological polar surface area (TPSA) is 73.1 Å². The molecule has 3 N–H and O–H groups in total. The lowest BCUT2D eigenvalue weighted by Gasteiger charge is -2.20. The second-order valence-corrected chi connectivity index (χ2v) is 3.81. The molecule has 1 aromatic rings. The molecule has 18 heavy (non-hydrogen) atoms. The monoisotopic (exact) mass is 260 g/mol. The number of halogens is 3. The van der Waals surface area contributed by atoms with Gasteiger partial charge in [0.25, 0.3) is 0 Å². The summed E-state index contributed by atoms with van der Waals surface area (Å²) in [7, 11) is 0. The molecule has 0 bridgehead atoms. The Balaban J connectivity index is 3.18. The molecular formula is C10H11F3N4O. The van der Waals surface area contributed by atoms with Crippen molar-refractivity contribution in [1.29, 1.82) is 0 Å². The highest BCUT2D eigenvalue weighted by atomic mass is 19.4. The maximum Gasteiger partial charge on any atom is 0.451 e. The smallest absolute Gasteiger partial charge is 0.451 e. The van der Waals surface area contributed by atoms with Crippen molar-refractivity contribution in [3.05, 3.63) is 11.9 Å². The summed E-state index contributed by atoms with van der Waals surface area (Å²) in [4.78, 5) is 6.41. The van der Waals surface area contributed by atoms with Crippen LogP contribution in [0.5, 0.6) is 5.88 Å². The fraction of sp³-hybridized carbons (Fsp3) is 0.400. The van der Waals surface area contributed by atoms with Crippen LogP contribution in [0.1, 0.15) is 19.7 Å². The van der Waals surface area contributed by atoms with E-state index in [1.165, 1.54) is 13.8 Å². The number of rotatable bonds is 3. The Hall–Kier alpha value is -2.01. The fourth-order valence-corrected chi connectivity index (χ4v) is 0.969. The average Bonchev–Trinajstić information content (AvgIpc) is 2.27. The minimum atomic E-state index is -4.70. The number of nitrogens with one attached hydrogen (secondary N) is 1. The number of alkyl halides is 3. The van der Waals surface area contributed by atoms with Gasteiger partial charge in [0.2, 0.25) is 11.7 Å². The van der Waals surface area contributed by atoms with Gasteiger partial charge in [0.05, 0.1) is 0 Å². The van der Waals surface area contributed by atoms with Crippen LogP contribution in [0.15, 0.2) is 6.07 Å². The van der Waals surface area contributed by atoms with Crippen LogP contribution >= 0.6 is 0 Å². The molecule has 5 nitrogen and oxygen atoms in total. The number of nitrogens with two attached hydrogens (primary N) is 1. The van der Waals surface area contributed by atoms with E-state index in [1.54, 1.807) is 0 Å². The zero-order chi connectivity index (χ0) is 14.0. The maximum absolute atomic E-state index is 12.5. The van der Waals surface area contributed by atoms with E-state index in [9.17, 15) is 13.2 Å². The highest BCUT2D eigenvalue weighted by Gasteiger charge is 2.36. The molecule has 0 amide bonds. The standard InChI is InChI=1S/C10H11F3N4O/c1-4-9(2,3)18-7-5-6(17-14)15-8(16-7)10(11,12)13/h1,5H,14H2,2-3H3,(H,15,16,17). The van der Waals surface area contributed by atoms with Gasteiger partial charge in [-0.05, 0) is 13.8 Å². The summed E-state index contributed by atoms with van der Waals surface area (Å²) < 4.78 is 42.7. The average molecular weight is 260 g/mol. The molecule has 0 atom stereocenters. The van der Waals surface area contributed by atoms with Crippen LogP contribution in [0, 0.1) is 12.3 Å². The van der Waals surface area contributed by atoms with Gasteiger partial charge in [-0.2, -0.15) is 18.2 Å². The number of hydrazine groups is 1. The molecule has 0 aliphatic carbocycles. The Morgan fingerprint density at radius 1 is 1.39 bits per heavy atom. The first-order chi connectivity index (χ1) is 8.18. The number of hydrogen-bond donors (Lipinski definition) is 2. The van der Waals surface area contributed by atoms with E-state index in [4.69, 9.17) is 17.0 Å². The number of ether oxygens (including phenoxy) is 1. The van der Waals surface area contributed by atoms with Crippen LogP contribution in [0.2, 0.25) is 0 Å².